The third-order valence-electron chi connectivity index (χ3n) is 12.8. The predicted octanol–water partition coefficient (Wildman–Crippen LogP) is 8.42. The number of benzene rings is 2. The quantitative estimate of drug-likeness (QED) is 0.124. The first-order valence-corrected chi connectivity index (χ1v) is 24.5. The summed E-state index contributed by atoms with van der Waals surface area (Å²) in [6.45, 7) is 20.3. The van der Waals surface area contributed by atoms with Gasteiger partial charge in [0.05, 0.1) is 18.3 Å². The molecule has 6 rings (SSSR count). The van der Waals surface area contributed by atoms with Crippen molar-refractivity contribution in [2.75, 3.05) is 20.3 Å². The highest BCUT2D eigenvalue weighted by Gasteiger charge is 2.54. The number of amides is 1. The normalized spacial score (nSPS) is 28.3. The van der Waals surface area contributed by atoms with E-state index in [4.69, 9.17) is 32.8 Å². The first-order chi connectivity index (χ1) is 29.2. The van der Waals surface area contributed by atoms with Crippen molar-refractivity contribution in [3.8, 4) is 0 Å². The summed E-state index contributed by atoms with van der Waals surface area (Å²) in [5.74, 6) is -3.13. The molecule has 0 aromatic heterocycles. The molecule has 2 aromatic rings. The van der Waals surface area contributed by atoms with Gasteiger partial charge in [0, 0.05) is 26.0 Å². The number of ether oxygens (including phenoxy) is 6. The van der Waals surface area contributed by atoms with E-state index in [1.165, 1.54) is 21.3 Å². The number of allylic oxidation sites excluding steroid dienone is 1. The average molecular weight is 874 g/mol. The molecule has 1 aliphatic carbocycles. The summed E-state index contributed by atoms with van der Waals surface area (Å²) < 4.78 is 45.2. The maximum Gasteiger partial charge on any atom is 0.411 e. The maximum absolute atomic E-state index is 14.5. The molecule has 1 spiro atoms. The van der Waals surface area contributed by atoms with Crippen molar-refractivity contribution in [3.05, 3.63) is 84.5 Å². The Bertz CT molecular complexity index is 1880. The van der Waals surface area contributed by atoms with Crippen LogP contribution in [0, 0.1) is 11.8 Å². The lowest BCUT2D eigenvalue weighted by Crippen LogP contribution is -2.68. The lowest BCUT2D eigenvalue weighted by atomic mass is 9.81. The van der Waals surface area contributed by atoms with Crippen molar-refractivity contribution in [1.82, 2.24) is 4.90 Å². The number of likely N-dealkylation sites (tertiary alicyclic amines) is 1. The molecule has 2 saturated heterocycles. The molecular formula is C50H71NO10Si. The van der Waals surface area contributed by atoms with Gasteiger partial charge in [0.2, 0.25) is 0 Å². The number of piperidine rings is 1. The summed E-state index contributed by atoms with van der Waals surface area (Å²) >= 11 is 0. The zero-order valence-corrected chi connectivity index (χ0v) is 39.9. The smallest absolute Gasteiger partial charge is 0.411 e. The zero-order valence-electron chi connectivity index (χ0n) is 38.9. The highest BCUT2D eigenvalue weighted by molar-refractivity contribution is 6.99. The number of methoxy groups -OCH3 is 1. The first kappa shape index (κ1) is 47.8. The van der Waals surface area contributed by atoms with E-state index >= 15 is 0 Å². The van der Waals surface area contributed by atoms with E-state index in [0.717, 1.165) is 37.7 Å². The van der Waals surface area contributed by atoms with Gasteiger partial charge in [-0.15, -0.1) is 0 Å². The Kier molecular flexibility index (Phi) is 14.8. The van der Waals surface area contributed by atoms with Gasteiger partial charge in [-0.25, -0.2) is 9.59 Å². The van der Waals surface area contributed by atoms with Crippen LogP contribution in [0.4, 0.5) is 4.79 Å². The summed E-state index contributed by atoms with van der Waals surface area (Å²) in [6, 6.07) is 20.6. The van der Waals surface area contributed by atoms with E-state index in [2.05, 4.69) is 87.5 Å². The Labute approximate surface area is 370 Å². The Morgan fingerprint density at radius 3 is 2.13 bits per heavy atom. The van der Waals surface area contributed by atoms with Gasteiger partial charge in [-0.1, -0.05) is 94.4 Å². The first-order valence-electron chi connectivity index (χ1n) is 22.6. The van der Waals surface area contributed by atoms with Crippen molar-refractivity contribution in [2.24, 2.45) is 11.8 Å². The Morgan fingerprint density at radius 1 is 0.919 bits per heavy atom. The van der Waals surface area contributed by atoms with Gasteiger partial charge in [-0.2, -0.15) is 0 Å². The molecule has 0 N–H and O–H groups in total. The van der Waals surface area contributed by atoms with Crippen LogP contribution in [0.5, 0.6) is 0 Å². The molecule has 340 valence electrons. The third-order valence-corrected chi connectivity index (χ3v) is 17.9. The molecule has 8 atom stereocenters. The fourth-order valence-corrected chi connectivity index (χ4v) is 14.7. The lowest BCUT2D eigenvalue weighted by Gasteiger charge is -2.49. The summed E-state index contributed by atoms with van der Waals surface area (Å²) in [4.78, 5) is 41.6. The number of carbonyl (C=O) groups excluding carboxylic acids is 3. The van der Waals surface area contributed by atoms with Gasteiger partial charge >= 0.3 is 12.1 Å². The maximum atomic E-state index is 14.5. The zero-order chi connectivity index (χ0) is 45.1. The number of rotatable bonds is 11. The molecule has 0 bridgehead atoms. The minimum absolute atomic E-state index is 0.101. The van der Waals surface area contributed by atoms with Crippen molar-refractivity contribution in [2.45, 2.75) is 167 Å². The number of esters is 1. The Hall–Kier alpha value is -3.65. The molecule has 3 aliphatic heterocycles. The average Bonchev–Trinajstić information content (AvgIpc) is 3.22. The fourth-order valence-electron chi connectivity index (χ4n) is 9.94. The second-order valence-corrected chi connectivity index (χ2v) is 24.5. The van der Waals surface area contributed by atoms with Gasteiger partial charge < -0.3 is 32.8 Å². The minimum atomic E-state index is -2.84. The van der Waals surface area contributed by atoms with Crippen LogP contribution in [-0.2, 0) is 42.4 Å². The van der Waals surface area contributed by atoms with Crippen LogP contribution < -0.4 is 10.4 Å². The Morgan fingerprint density at radius 2 is 1.56 bits per heavy atom. The summed E-state index contributed by atoms with van der Waals surface area (Å²) in [6.07, 6.45) is 8.03. The van der Waals surface area contributed by atoms with Crippen molar-refractivity contribution in [1.29, 1.82) is 0 Å². The van der Waals surface area contributed by atoms with Crippen LogP contribution in [-0.4, -0.2) is 99.0 Å². The lowest BCUT2D eigenvalue weighted by molar-refractivity contribution is -0.389. The molecule has 1 saturated carbocycles. The monoisotopic (exact) mass is 873 g/mol. The number of hydrogen-bond donors (Lipinski definition) is 0. The van der Waals surface area contributed by atoms with Gasteiger partial charge in [0.15, 0.2) is 17.4 Å². The summed E-state index contributed by atoms with van der Waals surface area (Å²) in [5.41, 5.74) is 0.167. The van der Waals surface area contributed by atoms with E-state index in [-0.39, 0.29) is 47.9 Å². The summed E-state index contributed by atoms with van der Waals surface area (Å²) in [7, 11) is -1.07. The van der Waals surface area contributed by atoms with Gasteiger partial charge in [0.1, 0.15) is 24.4 Å². The van der Waals surface area contributed by atoms with Gasteiger partial charge in [0.25, 0.3) is 8.32 Å². The topological polar surface area (TPSA) is 119 Å². The van der Waals surface area contributed by atoms with Crippen molar-refractivity contribution in [3.63, 3.8) is 0 Å². The fraction of sp³-hybridized carbons (Fsp3) is 0.620. The highest BCUT2D eigenvalue weighted by atomic mass is 28.4. The van der Waals surface area contributed by atoms with Crippen LogP contribution in [0.15, 0.2) is 84.5 Å². The van der Waals surface area contributed by atoms with Crippen LogP contribution in [0.25, 0.3) is 0 Å². The molecule has 4 aliphatic rings. The molecule has 1 amide bonds. The Balaban J connectivity index is 1.29. The highest BCUT2D eigenvalue weighted by Crippen LogP contribution is 2.44. The second kappa shape index (κ2) is 19.2. The third kappa shape index (κ3) is 11.0. The molecule has 3 fully saturated rings. The van der Waals surface area contributed by atoms with Crippen molar-refractivity contribution >= 4 is 36.5 Å². The van der Waals surface area contributed by atoms with Gasteiger partial charge in [-0.05, 0) is 119 Å². The number of nitrogens with zero attached hydrogens (tertiary/aromatic N) is 1. The number of carbonyl (C=O) groups is 3. The number of hydrogen-bond acceptors (Lipinski definition) is 10. The molecule has 3 heterocycles. The predicted molar refractivity (Wildman–Crippen MR) is 241 cm³/mol. The molecule has 62 heavy (non-hydrogen) atoms. The minimum Gasteiger partial charge on any atom is -0.456 e. The van der Waals surface area contributed by atoms with E-state index in [1.807, 2.05) is 48.5 Å². The van der Waals surface area contributed by atoms with Crippen LogP contribution >= 0.6 is 0 Å². The van der Waals surface area contributed by atoms with E-state index in [1.54, 1.807) is 13.2 Å². The van der Waals surface area contributed by atoms with E-state index < -0.39 is 55.8 Å². The standard InChI is InChI=1S/C50H71NO10Si/c1-34(30-36-25-26-41(42(31-36)55-11)60-62(48(6,7)8,38-20-14-12-15-21-38)39-22-16-13-17-23-39)44(57-45(53)40-24-18-19-29-51(40)46(54)59-47(3,4)5)35(2)43-32-50(61-49(9,10)58-43)28-27-37(52)33-56-50/h12-17,20-23,27-28,30,35-36,40-44H,18-19,24-26,29,31-33H2,1-11H3/b34-30+/t35-,36+,40+,41-,42-,43+,44-,50+/m1/s1. The van der Waals surface area contributed by atoms with E-state index in [0.29, 0.717) is 13.0 Å². The largest absolute Gasteiger partial charge is 0.456 e. The second-order valence-electron chi connectivity index (χ2n) is 20.2. The van der Waals surface area contributed by atoms with E-state index in [9.17, 15) is 14.4 Å². The molecule has 0 radical (unpaired) electrons. The summed E-state index contributed by atoms with van der Waals surface area (Å²) in [5, 5.41) is 2.28. The van der Waals surface area contributed by atoms with Crippen LogP contribution in [0.2, 0.25) is 5.04 Å². The van der Waals surface area contributed by atoms with Gasteiger partial charge in [-0.3, -0.25) is 9.69 Å². The molecule has 12 heteroatoms. The SMILES string of the molecule is CO[C@@H]1C[C@H](/C=C(\C)[C@@H](OC(=O)[C@@H]2CCCCN2C(=O)OC(C)(C)C)[C@H](C)[C@@H]2C[C@]3(C=CC(=O)CO3)OC(C)(C)O2)CC[C@H]1O[Si](c1ccccc1)(c1ccccc1)C(C)(C)C. The van der Waals surface area contributed by atoms with Crippen LogP contribution in [0.3, 0.4) is 0 Å². The molecule has 11 nitrogen and oxygen atoms in total. The van der Waals surface area contributed by atoms with Crippen LogP contribution in [0.1, 0.15) is 114 Å². The molecule has 0 unspecified atom stereocenters. The van der Waals surface area contributed by atoms with Crippen molar-refractivity contribution < 1.29 is 47.2 Å². The molecular weight excluding hydrogens is 803 g/mol. The number of ketones is 1. The molecule has 2 aromatic carbocycles.